The van der Waals surface area contributed by atoms with Gasteiger partial charge in [-0.2, -0.15) is 0 Å². The molecule has 1 atom stereocenters. The summed E-state index contributed by atoms with van der Waals surface area (Å²) in [7, 11) is 1.71. The summed E-state index contributed by atoms with van der Waals surface area (Å²) in [6.45, 7) is 4.16. The molecule has 0 aromatic heterocycles. The number of hydrazine groups is 1. The molecule has 0 saturated heterocycles. The van der Waals surface area contributed by atoms with Gasteiger partial charge in [-0.1, -0.05) is 35.8 Å². The molecule has 0 radical (unpaired) electrons. The Labute approximate surface area is 122 Å². The first-order valence-corrected chi connectivity index (χ1v) is 7.27. The van der Waals surface area contributed by atoms with Crippen LogP contribution >= 0.6 is 15.9 Å². The van der Waals surface area contributed by atoms with Crippen LogP contribution in [-0.4, -0.2) is 18.8 Å². The fourth-order valence-electron chi connectivity index (χ4n) is 2.48. The van der Waals surface area contributed by atoms with Gasteiger partial charge < -0.3 is 4.74 Å². The molecule has 1 unspecified atom stereocenters. The van der Waals surface area contributed by atoms with E-state index in [2.05, 4.69) is 35.2 Å². The molecule has 3 N–H and O–H groups in total. The van der Waals surface area contributed by atoms with E-state index in [1.807, 2.05) is 0 Å². The van der Waals surface area contributed by atoms with Gasteiger partial charge in [0.15, 0.2) is 0 Å². The maximum Gasteiger partial charge on any atom is 0.124 e. The quantitative estimate of drug-likeness (QED) is 0.595. The minimum absolute atomic E-state index is 0.0331. The molecule has 0 saturated carbocycles. The molecule has 0 aliphatic rings. The van der Waals surface area contributed by atoms with Gasteiger partial charge in [0.25, 0.3) is 0 Å². The minimum atomic E-state index is -0.317. The zero-order chi connectivity index (χ0) is 14.5. The lowest BCUT2D eigenvalue weighted by atomic mass is 9.85. The second-order valence-electron chi connectivity index (χ2n) is 4.64. The summed E-state index contributed by atoms with van der Waals surface area (Å²) in [5.74, 6) is 5.44. The summed E-state index contributed by atoms with van der Waals surface area (Å²) in [5, 5.41) is 0. The Bertz CT molecular complexity index is 402. The molecule has 3 nitrogen and oxygen atoms in total. The zero-order valence-electron chi connectivity index (χ0n) is 11.7. The van der Waals surface area contributed by atoms with E-state index >= 15 is 0 Å². The Hall–Kier alpha value is -0.490. The molecule has 0 aliphatic carbocycles. The number of hydrogen-bond acceptors (Lipinski definition) is 3. The zero-order valence-corrected chi connectivity index (χ0v) is 13.3. The third-order valence-corrected chi connectivity index (χ3v) is 4.62. The largest absolute Gasteiger partial charge is 0.377 e. The Morgan fingerprint density at radius 2 is 2.05 bits per heavy atom. The Balaban J connectivity index is 2.98. The van der Waals surface area contributed by atoms with Gasteiger partial charge in [0.1, 0.15) is 5.82 Å². The Morgan fingerprint density at radius 3 is 2.47 bits per heavy atom. The van der Waals surface area contributed by atoms with Crippen molar-refractivity contribution in [2.24, 2.45) is 5.84 Å². The number of halogens is 2. The van der Waals surface area contributed by atoms with Crippen LogP contribution in [0.2, 0.25) is 0 Å². The fourth-order valence-corrected chi connectivity index (χ4v) is 2.99. The molecule has 5 heteroatoms. The first-order valence-electron chi connectivity index (χ1n) is 6.48. The number of nitrogens with two attached hydrogens (primary N) is 1. The predicted molar refractivity (Wildman–Crippen MR) is 79.2 cm³/mol. The molecule has 0 heterocycles. The molecular weight excluding hydrogens is 311 g/mol. The van der Waals surface area contributed by atoms with E-state index in [9.17, 15) is 4.39 Å². The standard InChI is InChI=1S/C14H22BrFN2O/c1-4-14(5-2,19-3)13(18-17)8-10-6-7-11(16)9-12(10)15/h6-7,9,13,18H,4-5,8,17H2,1-3H3. The van der Waals surface area contributed by atoms with Crippen LogP contribution in [0.3, 0.4) is 0 Å². The molecule has 0 amide bonds. The Morgan fingerprint density at radius 1 is 1.42 bits per heavy atom. The number of hydrogen-bond donors (Lipinski definition) is 2. The minimum Gasteiger partial charge on any atom is -0.377 e. The number of ether oxygens (including phenoxy) is 1. The highest BCUT2D eigenvalue weighted by atomic mass is 79.9. The SMILES string of the molecule is CCC(CC)(OC)C(Cc1ccc(F)cc1Br)NN. The molecule has 0 bridgehead atoms. The topological polar surface area (TPSA) is 47.3 Å². The van der Waals surface area contributed by atoms with Gasteiger partial charge in [-0.15, -0.1) is 0 Å². The molecule has 0 spiro atoms. The maximum atomic E-state index is 13.1. The van der Waals surface area contributed by atoms with Crippen molar-refractivity contribution in [2.75, 3.05) is 7.11 Å². The van der Waals surface area contributed by atoms with E-state index in [4.69, 9.17) is 10.6 Å². The van der Waals surface area contributed by atoms with Gasteiger partial charge in [0.2, 0.25) is 0 Å². The molecule has 0 fully saturated rings. The van der Waals surface area contributed by atoms with Crippen LogP contribution < -0.4 is 11.3 Å². The lowest BCUT2D eigenvalue weighted by molar-refractivity contribution is -0.0473. The average molecular weight is 333 g/mol. The van der Waals surface area contributed by atoms with E-state index in [1.165, 1.54) is 12.1 Å². The highest BCUT2D eigenvalue weighted by Crippen LogP contribution is 2.28. The van der Waals surface area contributed by atoms with Crippen molar-refractivity contribution < 1.29 is 9.13 Å². The van der Waals surface area contributed by atoms with Crippen LogP contribution in [0.25, 0.3) is 0 Å². The van der Waals surface area contributed by atoms with Crippen LogP contribution in [0, 0.1) is 5.82 Å². The van der Waals surface area contributed by atoms with Crippen molar-refractivity contribution in [3.63, 3.8) is 0 Å². The summed E-state index contributed by atoms with van der Waals surface area (Å²) >= 11 is 3.39. The van der Waals surface area contributed by atoms with Crippen LogP contribution in [0.15, 0.2) is 22.7 Å². The third kappa shape index (κ3) is 3.75. The molecule has 19 heavy (non-hydrogen) atoms. The van der Waals surface area contributed by atoms with Crippen LogP contribution in [-0.2, 0) is 11.2 Å². The van der Waals surface area contributed by atoms with Gasteiger partial charge in [-0.05, 0) is 37.0 Å². The molecule has 1 rings (SSSR count). The highest BCUT2D eigenvalue weighted by Gasteiger charge is 2.35. The number of benzene rings is 1. The van der Waals surface area contributed by atoms with Crippen molar-refractivity contribution in [1.29, 1.82) is 0 Å². The average Bonchev–Trinajstić information content (AvgIpc) is 2.42. The monoisotopic (exact) mass is 332 g/mol. The molecule has 108 valence electrons. The van der Waals surface area contributed by atoms with E-state index in [1.54, 1.807) is 13.2 Å². The predicted octanol–water partition coefficient (Wildman–Crippen LogP) is 3.17. The van der Waals surface area contributed by atoms with Crippen molar-refractivity contribution in [1.82, 2.24) is 5.43 Å². The van der Waals surface area contributed by atoms with Crippen LogP contribution in [0.1, 0.15) is 32.3 Å². The second kappa shape index (κ2) is 7.33. The summed E-state index contributed by atoms with van der Waals surface area (Å²) in [6.07, 6.45) is 2.38. The van der Waals surface area contributed by atoms with Crippen molar-refractivity contribution >= 4 is 15.9 Å². The van der Waals surface area contributed by atoms with Gasteiger partial charge >= 0.3 is 0 Å². The number of nitrogens with one attached hydrogen (secondary N) is 1. The lowest BCUT2D eigenvalue weighted by Gasteiger charge is -2.38. The fraction of sp³-hybridized carbons (Fsp3) is 0.571. The highest BCUT2D eigenvalue weighted by molar-refractivity contribution is 9.10. The number of methoxy groups -OCH3 is 1. The smallest absolute Gasteiger partial charge is 0.124 e. The molecular formula is C14H22BrFN2O. The van der Waals surface area contributed by atoms with Crippen molar-refractivity contribution in [3.05, 3.63) is 34.1 Å². The normalized spacial score (nSPS) is 13.6. The van der Waals surface area contributed by atoms with E-state index < -0.39 is 0 Å². The molecule has 0 aliphatic heterocycles. The summed E-state index contributed by atoms with van der Waals surface area (Å²) in [4.78, 5) is 0. The van der Waals surface area contributed by atoms with Crippen LogP contribution in [0.4, 0.5) is 4.39 Å². The summed E-state index contributed by atoms with van der Waals surface area (Å²) in [5.41, 5.74) is 3.54. The summed E-state index contributed by atoms with van der Waals surface area (Å²) < 4.78 is 19.6. The van der Waals surface area contributed by atoms with E-state index in [-0.39, 0.29) is 17.5 Å². The van der Waals surface area contributed by atoms with E-state index in [0.717, 1.165) is 22.9 Å². The van der Waals surface area contributed by atoms with Crippen LogP contribution in [0.5, 0.6) is 0 Å². The van der Waals surface area contributed by atoms with Crippen molar-refractivity contribution in [3.8, 4) is 0 Å². The third-order valence-electron chi connectivity index (χ3n) is 3.88. The van der Waals surface area contributed by atoms with Gasteiger partial charge in [0, 0.05) is 11.6 Å². The van der Waals surface area contributed by atoms with Crippen molar-refractivity contribution in [2.45, 2.75) is 44.8 Å². The van der Waals surface area contributed by atoms with E-state index in [0.29, 0.717) is 6.42 Å². The first kappa shape index (κ1) is 16.6. The second-order valence-corrected chi connectivity index (χ2v) is 5.49. The van der Waals surface area contributed by atoms with Gasteiger partial charge in [-0.25, -0.2) is 4.39 Å². The number of rotatable bonds is 7. The molecule has 1 aromatic carbocycles. The summed E-state index contributed by atoms with van der Waals surface area (Å²) in [6, 6.07) is 4.67. The maximum absolute atomic E-state index is 13.1. The lowest BCUT2D eigenvalue weighted by Crippen LogP contribution is -2.55. The first-order chi connectivity index (χ1) is 9.02. The van der Waals surface area contributed by atoms with Gasteiger partial charge in [-0.3, -0.25) is 11.3 Å². The molecule has 1 aromatic rings. The van der Waals surface area contributed by atoms with Gasteiger partial charge in [0.05, 0.1) is 11.6 Å². The Kier molecular flexibility index (Phi) is 6.39.